The maximum atomic E-state index is 13.0. The first kappa shape index (κ1) is 19.7. The summed E-state index contributed by atoms with van der Waals surface area (Å²) < 4.78 is 29.0. The Labute approximate surface area is 138 Å². The van der Waals surface area contributed by atoms with Gasteiger partial charge in [-0.25, -0.2) is 5.09 Å². The number of hydrogen-bond donors (Lipinski definition) is 1. The Morgan fingerprint density at radius 1 is 1.26 bits per heavy atom. The minimum Gasteiger partial charge on any atom is -0.465 e. The van der Waals surface area contributed by atoms with E-state index in [1.54, 1.807) is 38.1 Å². The molecule has 1 N–H and O–H groups in total. The molecule has 0 aliphatic heterocycles. The Bertz CT molecular complexity index is 508. The highest BCUT2D eigenvalue weighted by Gasteiger charge is 2.30. The zero-order chi connectivity index (χ0) is 17.1. The lowest BCUT2D eigenvalue weighted by Gasteiger charge is -2.23. The van der Waals surface area contributed by atoms with Crippen LogP contribution in [0.25, 0.3) is 0 Å². The Hall–Kier alpha value is -1.36. The molecule has 1 unspecified atom stereocenters. The van der Waals surface area contributed by atoms with E-state index in [1.807, 2.05) is 13.0 Å². The van der Waals surface area contributed by atoms with Gasteiger partial charge >= 0.3 is 13.5 Å². The number of ether oxygens (including phenoxy) is 2. The fraction of sp³-hybridized carbons (Fsp3) is 0.562. The van der Waals surface area contributed by atoms with Crippen molar-refractivity contribution in [3.05, 3.63) is 30.3 Å². The predicted octanol–water partition coefficient (Wildman–Crippen LogP) is 3.57. The molecule has 130 valence electrons. The first-order valence-corrected chi connectivity index (χ1v) is 9.67. The Morgan fingerprint density at radius 2 is 1.96 bits per heavy atom. The van der Waals surface area contributed by atoms with Crippen molar-refractivity contribution in [2.24, 2.45) is 0 Å². The smallest absolute Gasteiger partial charge is 0.342 e. The molecule has 6 nitrogen and oxygen atoms in total. The summed E-state index contributed by atoms with van der Waals surface area (Å²) in [6.07, 6.45) is 1.75. The minimum absolute atomic E-state index is 0.106. The normalized spacial score (nSPS) is 14.7. The average molecular weight is 343 g/mol. The van der Waals surface area contributed by atoms with Crippen molar-refractivity contribution in [1.29, 1.82) is 0 Å². The second-order valence-corrected chi connectivity index (χ2v) is 7.12. The van der Waals surface area contributed by atoms with Crippen molar-refractivity contribution >= 4 is 13.5 Å². The molecule has 0 aliphatic rings. The van der Waals surface area contributed by atoms with Crippen LogP contribution >= 0.6 is 7.52 Å². The summed E-state index contributed by atoms with van der Waals surface area (Å²) in [6, 6.07) is 8.06. The van der Waals surface area contributed by atoms with E-state index >= 15 is 0 Å². The standard InChI is InChI=1S/C16H26NO5P/c1-4-6-12-20-13-23(19,17-14(3)16(18)21-5-2)22-15-10-8-7-9-11-15/h7-11,14H,4-6,12-13H2,1-3H3,(H,17,19)/t14?,23-/m1/s1. The molecule has 0 heterocycles. The van der Waals surface area contributed by atoms with Gasteiger partial charge in [-0.15, -0.1) is 0 Å². The van der Waals surface area contributed by atoms with E-state index in [0.29, 0.717) is 12.4 Å². The monoisotopic (exact) mass is 343 g/mol. The molecule has 0 bridgehead atoms. The third kappa shape index (κ3) is 7.64. The van der Waals surface area contributed by atoms with Crippen LogP contribution in [0.2, 0.25) is 0 Å². The fourth-order valence-electron chi connectivity index (χ4n) is 1.79. The Morgan fingerprint density at radius 3 is 2.57 bits per heavy atom. The van der Waals surface area contributed by atoms with Crippen LogP contribution in [0.3, 0.4) is 0 Å². The van der Waals surface area contributed by atoms with Gasteiger partial charge in [-0.1, -0.05) is 31.5 Å². The van der Waals surface area contributed by atoms with Gasteiger partial charge in [0.1, 0.15) is 18.1 Å². The molecule has 23 heavy (non-hydrogen) atoms. The molecule has 0 aliphatic carbocycles. The molecular formula is C16H26NO5P. The largest absolute Gasteiger partial charge is 0.465 e. The van der Waals surface area contributed by atoms with E-state index in [4.69, 9.17) is 14.0 Å². The Balaban J connectivity index is 2.74. The van der Waals surface area contributed by atoms with Crippen LogP contribution in [0.15, 0.2) is 30.3 Å². The fourth-order valence-corrected chi connectivity index (χ4v) is 3.49. The number of benzene rings is 1. The van der Waals surface area contributed by atoms with Gasteiger partial charge in [0.15, 0.2) is 0 Å². The quantitative estimate of drug-likeness (QED) is 0.376. The maximum Gasteiger partial charge on any atom is 0.342 e. The summed E-state index contributed by atoms with van der Waals surface area (Å²) in [5.41, 5.74) is 0. The topological polar surface area (TPSA) is 73.9 Å². The molecule has 0 spiro atoms. The van der Waals surface area contributed by atoms with E-state index in [0.717, 1.165) is 12.8 Å². The van der Waals surface area contributed by atoms with Crippen LogP contribution in [-0.2, 0) is 18.8 Å². The summed E-state index contributed by atoms with van der Waals surface area (Å²) in [4.78, 5) is 11.7. The summed E-state index contributed by atoms with van der Waals surface area (Å²) in [7, 11) is -3.39. The summed E-state index contributed by atoms with van der Waals surface area (Å²) in [6.45, 7) is 6.11. The van der Waals surface area contributed by atoms with Crippen LogP contribution in [0, 0.1) is 0 Å². The number of nitrogens with one attached hydrogen (secondary N) is 1. The average Bonchev–Trinajstić information content (AvgIpc) is 2.52. The van der Waals surface area contributed by atoms with Gasteiger partial charge in [-0.2, -0.15) is 0 Å². The van der Waals surface area contributed by atoms with E-state index in [1.165, 1.54) is 0 Å². The number of unbranched alkanes of at least 4 members (excludes halogenated alkanes) is 1. The molecule has 1 aromatic carbocycles. The lowest BCUT2D eigenvalue weighted by Crippen LogP contribution is -2.35. The highest BCUT2D eigenvalue weighted by atomic mass is 31.2. The van der Waals surface area contributed by atoms with Gasteiger partial charge in [0, 0.05) is 6.61 Å². The number of carbonyl (C=O) groups is 1. The van der Waals surface area contributed by atoms with Crippen LogP contribution in [0.5, 0.6) is 5.75 Å². The number of carbonyl (C=O) groups excluding carboxylic acids is 1. The molecule has 0 aromatic heterocycles. The van der Waals surface area contributed by atoms with Crippen molar-refractivity contribution < 1.29 is 23.4 Å². The molecule has 7 heteroatoms. The lowest BCUT2D eigenvalue weighted by molar-refractivity contribution is -0.144. The number of esters is 1. The highest BCUT2D eigenvalue weighted by Crippen LogP contribution is 2.43. The molecule has 0 radical (unpaired) electrons. The minimum atomic E-state index is -3.39. The molecule has 0 saturated carbocycles. The van der Waals surface area contributed by atoms with Gasteiger partial charge in [-0.05, 0) is 32.4 Å². The molecule has 2 atom stereocenters. The zero-order valence-electron chi connectivity index (χ0n) is 14.0. The van der Waals surface area contributed by atoms with Crippen molar-refractivity contribution in [2.75, 3.05) is 19.6 Å². The van der Waals surface area contributed by atoms with Crippen molar-refractivity contribution in [1.82, 2.24) is 5.09 Å². The number of hydrogen-bond acceptors (Lipinski definition) is 5. The zero-order valence-corrected chi connectivity index (χ0v) is 14.9. The third-order valence-corrected chi connectivity index (χ3v) is 4.74. The lowest BCUT2D eigenvalue weighted by atomic mass is 10.3. The van der Waals surface area contributed by atoms with Gasteiger partial charge in [-0.3, -0.25) is 9.36 Å². The molecule has 1 rings (SSSR count). The third-order valence-electron chi connectivity index (χ3n) is 2.93. The maximum absolute atomic E-state index is 13.0. The van der Waals surface area contributed by atoms with Gasteiger partial charge in [0.2, 0.25) is 0 Å². The molecule has 0 saturated heterocycles. The summed E-state index contributed by atoms with van der Waals surface area (Å²) in [5.74, 6) is -0.0172. The van der Waals surface area contributed by atoms with Gasteiger partial charge < -0.3 is 14.0 Å². The van der Waals surface area contributed by atoms with E-state index in [9.17, 15) is 9.36 Å². The van der Waals surface area contributed by atoms with Crippen LogP contribution in [0.1, 0.15) is 33.6 Å². The summed E-state index contributed by atoms with van der Waals surface area (Å²) >= 11 is 0. The number of para-hydroxylation sites is 1. The highest BCUT2D eigenvalue weighted by molar-refractivity contribution is 7.57. The predicted molar refractivity (Wildman–Crippen MR) is 89.6 cm³/mol. The van der Waals surface area contributed by atoms with Gasteiger partial charge in [0.05, 0.1) is 6.61 Å². The second-order valence-electron chi connectivity index (χ2n) is 5.07. The second kappa shape index (κ2) is 10.4. The van der Waals surface area contributed by atoms with Crippen LogP contribution < -0.4 is 9.61 Å². The number of rotatable bonds is 11. The van der Waals surface area contributed by atoms with E-state index in [2.05, 4.69) is 5.09 Å². The van der Waals surface area contributed by atoms with Crippen molar-refractivity contribution in [2.45, 2.75) is 39.7 Å². The first-order chi connectivity index (χ1) is 11.0. The van der Waals surface area contributed by atoms with Crippen LogP contribution in [-0.4, -0.2) is 31.6 Å². The van der Waals surface area contributed by atoms with Crippen molar-refractivity contribution in [3.63, 3.8) is 0 Å². The summed E-state index contributed by atoms with van der Waals surface area (Å²) in [5, 5.41) is 2.74. The van der Waals surface area contributed by atoms with Gasteiger partial charge in [0.25, 0.3) is 0 Å². The first-order valence-electron chi connectivity index (χ1n) is 7.86. The van der Waals surface area contributed by atoms with E-state index < -0.39 is 19.5 Å². The van der Waals surface area contributed by atoms with Crippen molar-refractivity contribution in [3.8, 4) is 5.75 Å². The molecule has 1 aromatic rings. The molecular weight excluding hydrogens is 317 g/mol. The SMILES string of the molecule is CCCCOC[P@](=O)(NC(C)C(=O)OCC)Oc1ccccc1. The van der Waals surface area contributed by atoms with Crippen LogP contribution in [0.4, 0.5) is 0 Å². The molecule has 0 fully saturated rings. The van der Waals surface area contributed by atoms with E-state index in [-0.39, 0.29) is 13.0 Å². The molecule has 0 amide bonds. The Kier molecular flexibility index (Phi) is 8.92.